The summed E-state index contributed by atoms with van der Waals surface area (Å²) in [4.78, 5) is 0. The van der Waals surface area contributed by atoms with Crippen LogP contribution in [-0.2, 0) is 0 Å². The largest absolute Gasteiger partial charge is 0.230 e. The van der Waals surface area contributed by atoms with Gasteiger partial charge in [0, 0.05) is 11.6 Å². The van der Waals surface area contributed by atoms with E-state index in [1.807, 2.05) is 30.3 Å². The fourth-order valence-electron chi connectivity index (χ4n) is 2.89. The Balaban J connectivity index is 1.81. The maximum absolute atomic E-state index is 14.2. The maximum Gasteiger partial charge on any atom is 0.151 e. The molecular formula is C21H13F3N2. The van der Waals surface area contributed by atoms with E-state index in [1.165, 1.54) is 28.9 Å². The summed E-state index contributed by atoms with van der Waals surface area (Å²) in [6.45, 7) is 0. The zero-order valence-electron chi connectivity index (χ0n) is 13.5. The average Bonchev–Trinajstić information content (AvgIpc) is 3.11. The summed E-state index contributed by atoms with van der Waals surface area (Å²) in [5.41, 5.74) is 3.16. The van der Waals surface area contributed by atoms with Crippen molar-refractivity contribution in [1.29, 1.82) is 0 Å². The van der Waals surface area contributed by atoms with Gasteiger partial charge in [0.2, 0.25) is 0 Å². The Morgan fingerprint density at radius 3 is 2.12 bits per heavy atom. The Kier molecular flexibility index (Phi) is 4.05. The molecule has 0 unspecified atom stereocenters. The van der Waals surface area contributed by atoms with Crippen LogP contribution >= 0.6 is 0 Å². The van der Waals surface area contributed by atoms with Crippen molar-refractivity contribution < 1.29 is 13.2 Å². The summed E-state index contributed by atoms with van der Waals surface area (Å²) in [5.74, 6) is -1.66. The second-order valence-corrected chi connectivity index (χ2v) is 5.82. The van der Waals surface area contributed by atoms with Gasteiger partial charge in [-0.3, -0.25) is 0 Å². The molecule has 26 heavy (non-hydrogen) atoms. The molecule has 1 heterocycles. The van der Waals surface area contributed by atoms with E-state index in [9.17, 15) is 13.2 Å². The zero-order chi connectivity index (χ0) is 18.1. The third-order valence-corrected chi connectivity index (χ3v) is 4.10. The molecule has 0 amide bonds. The van der Waals surface area contributed by atoms with Crippen molar-refractivity contribution in [2.45, 2.75) is 0 Å². The van der Waals surface area contributed by atoms with Crippen molar-refractivity contribution in [1.82, 2.24) is 9.78 Å². The van der Waals surface area contributed by atoms with E-state index in [4.69, 9.17) is 0 Å². The Labute approximate surface area is 148 Å². The molecule has 0 radical (unpaired) electrons. The van der Waals surface area contributed by atoms with Crippen molar-refractivity contribution in [3.8, 4) is 28.1 Å². The molecule has 4 rings (SSSR count). The number of benzene rings is 3. The van der Waals surface area contributed by atoms with Gasteiger partial charge < -0.3 is 0 Å². The quantitative estimate of drug-likeness (QED) is 0.469. The lowest BCUT2D eigenvalue weighted by Gasteiger charge is -2.10. The zero-order valence-corrected chi connectivity index (χ0v) is 13.5. The van der Waals surface area contributed by atoms with E-state index < -0.39 is 11.6 Å². The Bertz CT molecular complexity index is 1090. The Morgan fingerprint density at radius 1 is 0.654 bits per heavy atom. The number of nitrogens with zero attached hydrogens (tertiary/aromatic N) is 2. The Hall–Kier alpha value is -3.34. The second-order valence-electron chi connectivity index (χ2n) is 5.82. The molecule has 0 aliphatic rings. The second kappa shape index (κ2) is 6.52. The van der Waals surface area contributed by atoms with Crippen LogP contribution in [0.25, 0.3) is 28.1 Å². The van der Waals surface area contributed by atoms with Gasteiger partial charge in [-0.05, 0) is 47.5 Å². The average molecular weight is 350 g/mol. The molecule has 0 aliphatic heterocycles. The molecule has 1 aromatic heterocycles. The van der Waals surface area contributed by atoms with Crippen LogP contribution in [0.15, 0.2) is 79.0 Å². The molecule has 5 heteroatoms. The van der Waals surface area contributed by atoms with Gasteiger partial charge in [-0.25, -0.2) is 17.9 Å². The van der Waals surface area contributed by atoms with E-state index in [1.54, 1.807) is 18.3 Å². The monoisotopic (exact) mass is 350 g/mol. The lowest BCUT2D eigenvalue weighted by molar-refractivity contribution is 0.574. The summed E-state index contributed by atoms with van der Waals surface area (Å²) in [6, 6.07) is 18.9. The van der Waals surface area contributed by atoms with Crippen LogP contribution in [0.4, 0.5) is 13.2 Å². The van der Waals surface area contributed by atoms with Crippen molar-refractivity contribution in [3.05, 3.63) is 96.4 Å². The molecule has 0 spiro atoms. The first-order valence-corrected chi connectivity index (χ1v) is 7.98. The van der Waals surface area contributed by atoms with E-state index in [0.717, 1.165) is 22.8 Å². The molecule has 0 saturated carbocycles. The van der Waals surface area contributed by atoms with Crippen LogP contribution < -0.4 is 0 Å². The first kappa shape index (κ1) is 16.1. The molecule has 0 bridgehead atoms. The third-order valence-electron chi connectivity index (χ3n) is 4.10. The van der Waals surface area contributed by atoms with Crippen LogP contribution in [-0.4, -0.2) is 9.78 Å². The van der Waals surface area contributed by atoms with Crippen LogP contribution in [0.5, 0.6) is 0 Å². The Morgan fingerprint density at radius 2 is 1.35 bits per heavy atom. The molecule has 2 nitrogen and oxygen atoms in total. The number of halogens is 3. The summed E-state index contributed by atoms with van der Waals surface area (Å²) < 4.78 is 42.3. The van der Waals surface area contributed by atoms with Crippen LogP contribution in [0.2, 0.25) is 0 Å². The molecule has 3 aromatic carbocycles. The predicted octanol–water partition coefficient (Wildman–Crippen LogP) is 5.62. The predicted molar refractivity (Wildman–Crippen MR) is 94.3 cm³/mol. The maximum atomic E-state index is 14.2. The number of hydrogen-bond acceptors (Lipinski definition) is 1. The molecule has 0 aliphatic carbocycles. The molecule has 0 fully saturated rings. The number of hydrogen-bond donors (Lipinski definition) is 0. The van der Waals surface area contributed by atoms with Crippen LogP contribution in [0.3, 0.4) is 0 Å². The van der Waals surface area contributed by atoms with Gasteiger partial charge in [0.1, 0.15) is 17.3 Å². The standard InChI is InChI=1S/C21H13F3N2/c22-17-6-2-4-15(12-17)14-3-1-5-16(11-14)20-9-10-25-26(20)21-8-7-18(23)13-19(21)24/h1-13H. The van der Waals surface area contributed by atoms with Crippen LogP contribution in [0.1, 0.15) is 0 Å². The fraction of sp³-hybridized carbons (Fsp3) is 0. The van der Waals surface area contributed by atoms with Gasteiger partial charge in [0.05, 0.1) is 11.9 Å². The van der Waals surface area contributed by atoms with E-state index in [-0.39, 0.29) is 11.5 Å². The SMILES string of the molecule is Fc1cccc(-c2cccc(-c3ccnn3-c3ccc(F)cc3F)c2)c1. The fourth-order valence-corrected chi connectivity index (χ4v) is 2.89. The van der Waals surface area contributed by atoms with E-state index in [2.05, 4.69) is 5.10 Å². The summed E-state index contributed by atoms with van der Waals surface area (Å²) >= 11 is 0. The lowest BCUT2D eigenvalue weighted by Crippen LogP contribution is -2.02. The summed E-state index contributed by atoms with van der Waals surface area (Å²) in [7, 11) is 0. The van der Waals surface area contributed by atoms with Gasteiger partial charge in [-0.15, -0.1) is 0 Å². The summed E-state index contributed by atoms with van der Waals surface area (Å²) in [6.07, 6.45) is 1.55. The molecular weight excluding hydrogens is 337 g/mol. The molecule has 128 valence electrons. The van der Waals surface area contributed by atoms with Gasteiger partial charge in [-0.1, -0.05) is 30.3 Å². The number of rotatable bonds is 3. The topological polar surface area (TPSA) is 17.8 Å². The van der Waals surface area contributed by atoms with E-state index >= 15 is 0 Å². The smallest absolute Gasteiger partial charge is 0.151 e. The van der Waals surface area contributed by atoms with Crippen molar-refractivity contribution in [2.24, 2.45) is 0 Å². The normalized spacial score (nSPS) is 10.9. The molecule has 0 saturated heterocycles. The highest BCUT2D eigenvalue weighted by molar-refractivity contribution is 5.72. The number of aromatic nitrogens is 2. The van der Waals surface area contributed by atoms with Crippen molar-refractivity contribution >= 4 is 0 Å². The molecule has 0 N–H and O–H groups in total. The van der Waals surface area contributed by atoms with Gasteiger partial charge in [0.25, 0.3) is 0 Å². The lowest BCUT2D eigenvalue weighted by atomic mass is 10.0. The minimum absolute atomic E-state index is 0.155. The highest BCUT2D eigenvalue weighted by Gasteiger charge is 2.13. The third kappa shape index (κ3) is 2.99. The first-order valence-electron chi connectivity index (χ1n) is 7.98. The van der Waals surface area contributed by atoms with Crippen LogP contribution in [0, 0.1) is 17.5 Å². The van der Waals surface area contributed by atoms with E-state index in [0.29, 0.717) is 5.69 Å². The molecule has 0 atom stereocenters. The highest BCUT2D eigenvalue weighted by Crippen LogP contribution is 2.28. The summed E-state index contributed by atoms with van der Waals surface area (Å²) in [5, 5.41) is 4.16. The van der Waals surface area contributed by atoms with Gasteiger partial charge in [-0.2, -0.15) is 5.10 Å². The highest BCUT2D eigenvalue weighted by atomic mass is 19.1. The minimum Gasteiger partial charge on any atom is -0.230 e. The van der Waals surface area contributed by atoms with Gasteiger partial charge in [0.15, 0.2) is 5.82 Å². The molecule has 4 aromatic rings. The minimum atomic E-state index is -0.698. The van der Waals surface area contributed by atoms with Crippen molar-refractivity contribution in [3.63, 3.8) is 0 Å². The first-order chi connectivity index (χ1) is 12.6. The van der Waals surface area contributed by atoms with Crippen molar-refractivity contribution in [2.75, 3.05) is 0 Å². The van der Waals surface area contributed by atoms with Gasteiger partial charge >= 0.3 is 0 Å².